The third-order valence-corrected chi connectivity index (χ3v) is 3.93. The summed E-state index contributed by atoms with van der Waals surface area (Å²) in [7, 11) is 0. The normalized spacial score (nSPS) is 14.4. The largest absolute Gasteiger partial charge is 0.352 e. The van der Waals surface area contributed by atoms with Crippen LogP contribution in [0.3, 0.4) is 0 Å². The second kappa shape index (κ2) is 6.44. The van der Waals surface area contributed by atoms with Crippen LogP contribution in [0.25, 0.3) is 0 Å². The molecule has 0 aliphatic carbocycles. The highest BCUT2D eigenvalue weighted by molar-refractivity contribution is 5.94. The number of nitriles is 1. The van der Waals surface area contributed by atoms with E-state index in [0.717, 1.165) is 5.69 Å². The van der Waals surface area contributed by atoms with Gasteiger partial charge in [-0.25, -0.2) is 4.98 Å². The van der Waals surface area contributed by atoms with Crippen molar-refractivity contribution < 1.29 is 4.79 Å². The molecular weight excluding hydrogens is 290 g/mol. The number of carbonyl (C=O) groups is 1. The highest BCUT2D eigenvalue weighted by Crippen LogP contribution is 2.18. The van der Waals surface area contributed by atoms with Gasteiger partial charge in [-0.1, -0.05) is 0 Å². The van der Waals surface area contributed by atoms with Gasteiger partial charge in [0.25, 0.3) is 5.91 Å². The Labute approximate surface area is 135 Å². The smallest absolute Gasteiger partial charge is 0.255 e. The van der Waals surface area contributed by atoms with Crippen molar-refractivity contribution in [3.8, 4) is 6.07 Å². The van der Waals surface area contributed by atoms with Gasteiger partial charge in [-0.05, 0) is 31.2 Å². The zero-order valence-corrected chi connectivity index (χ0v) is 12.9. The molecule has 6 nitrogen and oxygen atoms in total. The third kappa shape index (κ3) is 3.14. The van der Waals surface area contributed by atoms with E-state index in [2.05, 4.69) is 20.9 Å². The number of hydrogen-bond acceptors (Lipinski definition) is 5. The van der Waals surface area contributed by atoms with Crippen molar-refractivity contribution in [3.05, 3.63) is 53.5 Å². The highest BCUT2D eigenvalue weighted by atomic mass is 16.2. The summed E-state index contributed by atoms with van der Waals surface area (Å²) in [6, 6.07) is 9.34. The van der Waals surface area contributed by atoms with E-state index in [9.17, 15) is 10.1 Å². The van der Waals surface area contributed by atoms with Gasteiger partial charge in [0.05, 0.1) is 11.1 Å². The van der Waals surface area contributed by atoms with Crippen LogP contribution in [0.15, 0.2) is 36.7 Å². The number of pyridine rings is 2. The molecule has 1 saturated heterocycles. The number of aromatic nitrogens is 2. The van der Waals surface area contributed by atoms with Crippen molar-refractivity contribution in [1.29, 1.82) is 5.26 Å². The molecule has 1 aliphatic heterocycles. The van der Waals surface area contributed by atoms with Crippen molar-refractivity contribution in [3.63, 3.8) is 0 Å². The van der Waals surface area contributed by atoms with E-state index < -0.39 is 0 Å². The first-order valence-electron chi connectivity index (χ1n) is 7.51. The van der Waals surface area contributed by atoms with Gasteiger partial charge >= 0.3 is 0 Å². The second-order valence-corrected chi connectivity index (χ2v) is 5.45. The van der Waals surface area contributed by atoms with Gasteiger partial charge in [0, 0.05) is 44.3 Å². The SMILES string of the molecule is Cc1ccc(C(=O)N2CCN(c3ncccc3C#N)CC2)cn1. The lowest BCUT2D eigenvalue weighted by atomic mass is 10.2. The third-order valence-electron chi connectivity index (χ3n) is 3.93. The number of piperazine rings is 1. The Balaban J connectivity index is 1.68. The van der Waals surface area contributed by atoms with E-state index in [4.69, 9.17) is 0 Å². The Bertz CT molecular complexity index is 742. The lowest BCUT2D eigenvalue weighted by molar-refractivity contribution is 0.0746. The molecule has 0 spiro atoms. The van der Waals surface area contributed by atoms with Gasteiger partial charge in [-0.3, -0.25) is 9.78 Å². The first-order valence-corrected chi connectivity index (χ1v) is 7.51. The number of aryl methyl sites for hydroxylation is 1. The molecule has 2 aromatic rings. The minimum atomic E-state index is -0.00122. The molecule has 116 valence electrons. The molecule has 6 heteroatoms. The van der Waals surface area contributed by atoms with Crippen LogP contribution in [0.4, 0.5) is 5.82 Å². The first-order chi connectivity index (χ1) is 11.2. The predicted octanol–water partition coefficient (Wildman–Crippen LogP) is 1.62. The lowest BCUT2D eigenvalue weighted by Crippen LogP contribution is -2.49. The molecule has 0 aromatic carbocycles. The second-order valence-electron chi connectivity index (χ2n) is 5.45. The number of hydrogen-bond donors (Lipinski definition) is 0. The molecule has 1 fully saturated rings. The molecule has 1 amide bonds. The van der Waals surface area contributed by atoms with E-state index in [1.54, 1.807) is 24.5 Å². The Morgan fingerprint density at radius 2 is 1.96 bits per heavy atom. The van der Waals surface area contributed by atoms with E-state index in [0.29, 0.717) is 43.1 Å². The maximum atomic E-state index is 12.5. The number of rotatable bonds is 2. The van der Waals surface area contributed by atoms with Gasteiger partial charge in [0.15, 0.2) is 0 Å². The number of anilines is 1. The molecule has 0 saturated carbocycles. The molecule has 0 radical (unpaired) electrons. The van der Waals surface area contributed by atoms with Gasteiger partial charge in [0.2, 0.25) is 0 Å². The molecule has 2 aromatic heterocycles. The Hall–Kier alpha value is -2.94. The summed E-state index contributed by atoms with van der Waals surface area (Å²) in [5.41, 5.74) is 2.07. The molecular formula is C17H17N5O. The molecule has 1 aliphatic rings. The standard InChI is InChI=1S/C17H17N5O/c1-13-4-5-15(12-20-13)17(23)22-9-7-21(8-10-22)16-14(11-18)3-2-6-19-16/h2-6,12H,7-10H2,1H3. The van der Waals surface area contributed by atoms with Crippen LogP contribution in [0.1, 0.15) is 21.6 Å². The van der Waals surface area contributed by atoms with Crippen LogP contribution in [0, 0.1) is 18.3 Å². The van der Waals surface area contributed by atoms with E-state index in [1.807, 2.05) is 24.0 Å². The number of amides is 1. The number of carbonyl (C=O) groups excluding carboxylic acids is 1. The van der Waals surface area contributed by atoms with Crippen molar-refractivity contribution >= 4 is 11.7 Å². The monoisotopic (exact) mass is 307 g/mol. The Morgan fingerprint density at radius 3 is 2.61 bits per heavy atom. The van der Waals surface area contributed by atoms with Gasteiger partial charge < -0.3 is 9.80 Å². The molecule has 3 rings (SSSR count). The van der Waals surface area contributed by atoms with Gasteiger partial charge in [0.1, 0.15) is 11.9 Å². The van der Waals surface area contributed by atoms with Crippen LogP contribution in [-0.2, 0) is 0 Å². The zero-order chi connectivity index (χ0) is 16.2. The Morgan fingerprint density at radius 1 is 1.17 bits per heavy atom. The zero-order valence-electron chi connectivity index (χ0n) is 12.9. The fourth-order valence-corrected chi connectivity index (χ4v) is 2.63. The topological polar surface area (TPSA) is 73.1 Å². The van der Waals surface area contributed by atoms with Crippen molar-refractivity contribution in [2.24, 2.45) is 0 Å². The van der Waals surface area contributed by atoms with Crippen LogP contribution in [0.2, 0.25) is 0 Å². The predicted molar refractivity (Wildman–Crippen MR) is 86.0 cm³/mol. The first kappa shape index (κ1) is 15.0. The summed E-state index contributed by atoms with van der Waals surface area (Å²) < 4.78 is 0. The fourth-order valence-electron chi connectivity index (χ4n) is 2.63. The molecule has 3 heterocycles. The van der Waals surface area contributed by atoms with Crippen molar-refractivity contribution in [2.45, 2.75) is 6.92 Å². The maximum absolute atomic E-state index is 12.5. The van der Waals surface area contributed by atoms with Gasteiger partial charge in [-0.15, -0.1) is 0 Å². The minimum Gasteiger partial charge on any atom is -0.352 e. The van der Waals surface area contributed by atoms with Crippen molar-refractivity contribution in [2.75, 3.05) is 31.1 Å². The van der Waals surface area contributed by atoms with E-state index in [1.165, 1.54) is 0 Å². The molecule has 23 heavy (non-hydrogen) atoms. The van der Waals surface area contributed by atoms with Crippen LogP contribution < -0.4 is 4.90 Å². The summed E-state index contributed by atoms with van der Waals surface area (Å²) in [6.07, 6.45) is 3.31. The summed E-state index contributed by atoms with van der Waals surface area (Å²) in [5.74, 6) is 0.692. The average molecular weight is 307 g/mol. The Kier molecular flexibility index (Phi) is 4.20. The van der Waals surface area contributed by atoms with E-state index in [-0.39, 0.29) is 5.91 Å². The highest BCUT2D eigenvalue weighted by Gasteiger charge is 2.24. The summed E-state index contributed by atoms with van der Waals surface area (Å²) in [4.78, 5) is 24.8. The minimum absolute atomic E-state index is 0.00122. The van der Waals surface area contributed by atoms with Crippen LogP contribution in [0.5, 0.6) is 0 Å². The van der Waals surface area contributed by atoms with Gasteiger partial charge in [-0.2, -0.15) is 5.26 Å². The van der Waals surface area contributed by atoms with Crippen LogP contribution >= 0.6 is 0 Å². The maximum Gasteiger partial charge on any atom is 0.255 e. The van der Waals surface area contributed by atoms with Crippen LogP contribution in [-0.4, -0.2) is 47.0 Å². The molecule has 0 N–H and O–H groups in total. The molecule has 0 bridgehead atoms. The quantitative estimate of drug-likeness (QED) is 0.843. The number of nitrogens with zero attached hydrogens (tertiary/aromatic N) is 5. The van der Waals surface area contributed by atoms with Crippen molar-refractivity contribution in [1.82, 2.24) is 14.9 Å². The summed E-state index contributed by atoms with van der Waals surface area (Å²) in [6.45, 7) is 4.43. The summed E-state index contributed by atoms with van der Waals surface area (Å²) in [5, 5.41) is 9.17. The average Bonchev–Trinajstić information content (AvgIpc) is 2.62. The summed E-state index contributed by atoms with van der Waals surface area (Å²) >= 11 is 0. The molecule has 0 unspecified atom stereocenters. The molecule has 0 atom stereocenters. The lowest BCUT2D eigenvalue weighted by Gasteiger charge is -2.35. The van der Waals surface area contributed by atoms with E-state index >= 15 is 0 Å². The fraction of sp³-hybridized carbons (Fsp3) is 0.294.